The van der Waals surface area contributed by atoms with Gasteiger partial charge in [-0.15, -0.1) is 10.2 Å². The number of hydrogen-bond acceptors (Lipinski definition) is 7. The zero-order valence-electron chi connectivity index (χ0n) is 21.2. The van der Waals surface area contributed by atoms with Gasteiger partial charge in [-0.1, -0.05) is 56.8 Å². The molecule has 3 aromatic carbocycles. The van der Waals surface area contributed by atoms with Gasteiger partial charge in [0.05, 0.1) is 19.1 Å². The third-order valence-electron chi connectivity index (χ3n) is 5.60. The minimum absolute atomic E-state index is 0.0430. The average molecular weight is 516 g/mol. The van der Waals surface area contributed by atoms with Gasteiger partial charge in [0.2, 0.25) is 0 Å². The van der Waals surface area contributed by atoms with E-state index in [1.807, 2.05) is 41.0 Å². The third-order valence-corrected chi connectivity index (χ3v) is 6.53. The summed E-state index contributed by atoms with van der Waals surface area (Å²) in [6.45, 7) is 6.53. The molecule has 0 saturated heterocycles. The normalized spacial score (nSPS) is 11.6. The van der Waals surface area contributed by atoms with Crippen LogP contribution in [0.2, 0.25) is 0 Å². The lowest BCUT2D eigenvalue weighted by atomic mass is 9.87. The van der Waals surface area contributed by atoms with Crippen molar-refractivity contribution in [1.82, 2.24) is 20.2 Å². The van der Waals surface area contributed by atoms with Crippen LogP contribution in [0.4, 0.5) is 0 Å². The predicted molar refractivity (Wildman–Crippen MR) is 147 cm³/mol. The highest BCUT2D eigenvalue weighted by molar-refractivity contribution is 7.99. The molecule has 0 spiro atoms. The zero-order chi connectivity index (χ0) is 26.4. The van der Waals surface area contributed by atoms with E-state index in [9.17, 15) is 9.90 Å². The number of carbonyl (C=O) groups is 1. The minimum atomic E-state index is -0.277. The van der Waals surface area contributed by atoms with Crippen LogP contribution < -0.4 is 10.2 Å². The van der Waals surface area contributed by atoms with Gasteiger partial charge < -0.3 is 9.84 Å². The molecule has 1 aromatic heterocycles. The molecular formula is C28H29N5O3S. The number of aromatic hydroxyl groups is 1. The molecule has 4 aromatic rings. The summed E-state index contributed by atoms with van der Waals surface area (Å²) in [6.07, 6.45) is 1.52. The van der Waals surface area contributed by atoms with E-state index in [2.05, 4.69) is 53.6 Å². The van der Waals surface area contributed by atoms with Gasteiger partial charge in [0.15, 0.2) is 11.0 Å². The lowest BCUT2D eigenvalue weighted by molar-refractivity contribution is -0.118. The molecule has 8 nitrogen and oxygen atoms in total. The highest BCUT2D eigenvalue weighted by Gasteiger charge is 2.19. The van der Waals surface area contributed by atoms with Crippen molar-refractivity contribution in [2.75, 3.05) is 12.9 Å². The molecule has 0 fully saturated rings. The van der Waals surface area contributed by atoms with Crippen LogP contribution >= 0.6 is 11.8 Å². The number of thioether (sulfide) groups is 1. The highest BCUT2D eigenvalue weighted by atomic mass is 32.2. The van der Waals surface area contributed by atoms with E-state index >= 15 is 0 Å². The summed E-state index contributed by atoms with van der Waals surface area (Å²) in [5.74, 6) is 1.42. The Bertz CT molecular complexity index is 1370. The molecule has 1 amide bonds. The largest absolute Gasteiger partial charge is 0.508 e. The number of amides is 1. The number of aromatic nitrogens is 3. The number of methoxy groups -OCH3 is 1. The predicted octanol–water partition coefficient (Wildman–Crippen LogP) is 5.19. The maximum absolute atomic E-state index is 12.4. The SMILES string of the molecule is COc1ccc(-n2c(SCC(=O)N/N=C\c3ccc(O)cc3)nnc2-c2ccc(C(C)(C)C)cc2)cc1. The first-order valence-electron chi connectivity index (χ1n) is 11.7. The van der Waals surface area contributed by atoms with Crippen molar-refractivity contribution in [2.45, 2.75) is 31.3 Å². The van der Waals surface area contributed by atoms with Gasteiger partial charge in [0.1, 0.15) is 11.5 Å². The van der Waals surface area contributed by atoms with E-state index in [0.717, 1.165) is 22.6 Å². The van der Waals surface area contributed by atoms with E-state index in [0.29, 0.717) is 11.0 Å². The average Bonchev–Trinajstić information content (AvgIpc) is 3.32. The first-order chi connectivity index (χ1) is 17.7. The Balaban J connectivity index is 1.54. The van der Waals surface area contributed by atoms with Crippen molar-refractivity contribution in [3.63, 3.8) is 0 Å². The summed E-state index contributed by atoms with van der Waals surface area (Å²) in [5.41, 5.74) is 6.33. The lowest BCUT2D eigenvalue weighted by Crippen LogP contribution is -2.20. The van der Waals surface area contributed by atoms with Crippen molar-refractivity contribution in [2.24, 2.45) is 5.10 Å². The second-order valence-corrected chi connectivity index (χ2v) is 10.3. The molecule has 0 aliphatic rings. The molecule has 0 radical (unpaired) electrons. The van der Waals surface area contributed by atoms with Crippen molar-refractivity contribution < 1.29 is 14.6 Å². The standard InChI is InChI=1S/C28H29N5O3S/c1-28(2,3)21-9-7-20(8-10-21)26-31-32-27(33(26)22-11-15-24(36-4)16-12-22)37-18-25(35)30-29-17-19-5-13-23(34)14-6-19/h5-17,34H,18H2,1-4H3,(H,30,35)/b29-17-. The summed E-state index contributed by atoms with van der Waals surface area (Å²) < 4.78 is 7.24. The van der Waals surface area contributed by atoms with Crippen LogP contribution in [0.5, 0.6) is 11.5 Å². The van der Waals surface area contributed by atoms with Gasteiger partial charge in [0, 0.05) is 11.3 Å². The molecule has 1 heterocycles. The maximum atomic E-state index is 12.4. The number of phenolic OH excluding ortho intramolecular Hbond substituents is 1. The van der Waals surface area contributed by atoms with Crippen LogP contribution in [0.3, 0.4) is 0 Å². The number of ether oxygens (including phenoxy) is 1. The van der Waals surface area contributed by atoms with Crippen molar-refractivity contribution in [3.8, 4) is 28.6 Å². The Labute approximate surface area is 220 Å². The van der Waals surface area contributed by atoms with Crippen LogP contribution in [0.1, 0.15) is 31.9 Å². The number of carbonyl (C=O) groups excluding carboxylic acids is 1. The molecule has 37 heavy (non-hydrogen) atoms. The fraction of sp³-hybridized carbons (Fsp3) is 0.214. The molecule has 2 N–H and O–H groups in total. The van der Waals surface area contributed by atoms with Crippen LogP contribution in [0, 0.1) is 0 Å². The number of hydrogen-bond donors (Lipinski definition) is 2. The smallest absolute Gasteiger partial charge is 0.250 e. The van der Waals surface area contributed by atoms with E-state index < -0.39 is 0 Å². The molecular weight excluding hydrogens is 486 g/mol. The molecule has 0 saturated carbocycles. The number of nitrogens with zero attached hydrogens (tertiary/aromatic N) is 4. The van der Waals surface area contributed by atoms with Gasteiger partial charge in [-0.05, 0) is 65.1 Å². The molecule has 4 rings (SSSR count). The number of benzene rings is 3. The summed E-state index contributed by atoms with van der Waals surface area (Å²) in [4.78, 5) is 12.4. The van der Waals surface area contributed by atoms with Gasteiger partial charge in [-0.2, -0.15) is 5.10 Å². The number of hydrazone groups is 1. The minimum Gasteiger partial charge on any atom is -0.508 e. The lowest BCUT2D eigenvalue weighted by Gasteiger charge is -2.19. The van der Waals surface area contributed by atoms with E-state index in [1.165, 1.54) is 23.5 Å². The van der Waals surface area contributed by atoms with Crippen molar-refractivity contribution in [1.29, 1.82) is 0 Å². The Morgan fingerprint density at radius 1 is 1.03 bits per heavy atom. The molecule has 0 bridgehead atoms. The second-order valence-electron chi connectivity index (χ2n) is 9.34. The first-order valence-corrected chi connectivity index (χ1v) is 12.7. The fourth-order valence-corrected chi connectivity index (χ4v) is 4.28. The summed E-state index contributed by atoms with van der Waals surface area (Å²) in [6, 6.07) is 22.4. The fourth-order valence-electron chi connectivity index (χ4n) is 3.54. The van der Waals surface area contributed by atoms with Crippen LogP contribution in [0.25, 0.3) is 17.1 Å². The van der Waals surface area contributed by atoms with E-state index in [-0.39, 0.29) is 22.8 Å². The van der Waals surface area contributed by atoms with Crippen molar-refractivity contribution in [3.05, 3.63) is 83.9 Å². The molecule has 190 valence electrons. The number of phenols is 1. The Hall–Kier alpha value is -4.11. The second kappa shape index (κ2) is 11.3. The summed E-state index contributed by atoms with van der Waals surface area (Å²) in [7, 11) is 1.63. The van der Waals surface area contributed by atoms with Crippen molar-refractivity contribution >= 4 is 23.9 Å². The molecule has 0 aliphatic heterocycles. The molecule has 0 unspecified atom stereocenters. The van der Waals surface area contributed by atoms with Crippen LogP contribution in [-0.4, -0.2) is 44.9 Å². The van der Waals surface area contributed by atoms with Gasteiger partial charge in [-0.25, -0.2) is 5.43 Å². The van der Waals surface area contributed by atoms with E-state index in [4.69, 9.17) is 4.74 Å². The van der Waals surface area contributed by atoms with Gasteiger partial charge >= 0.3 is 0 Å². The van der Waals surface area contributed by atoms with Crippen LogP contribution in [0.15, 0.2) is 83.1 Å². The Morgan fingerprint density at radius 3 is 2.32 bits per heavy atom. The summed E-state index contributed by atoms with van der Waals surface area (Å²) >= 11 is 1.27. The van der Waals surface area contributed by atoms with Crippen LogP contribution in [-0.2, 0) is 10.2 Å². The first kappa shape index (κ1) is 26.0. The quantitative estimate of drug-likeness (QED) is 0.190. The molecule has 9 heteroatoms. The monoisotopic (exact) mass is 515 g/mol. The molecule has 0 atom stereocenters. The Morgan fingerprint density at radius 2 is 1.70 bits per heavy atom. The van der Waals surface area contributed by atoms with Gasteiger partial charge in [0.25, 0.3) is 5.91 Å². The highest BCUT2D eigenvalue weighted by Crippen LogP contribution is 2.30. The van der Waals surface area contributed by atoms with E-state index in [1.54, 1.807) is 31.4 Å². The third kappa shape index (κ3) is 6.56. The van der Waals surface area contributed by atoms with Gasteiger partial charge in [-0.3, -0.25) is 9.36 Å². The Kier molecular flexibility index (Phi) is 7.93. The number of nitrogens with one attached hydrogen (secondary N) is 1. The zero-order valence-corrected chi connectivity index (χ0v) is 22.0. The summed E-state index contributed by atoms with van der Waals surface area (Å²) in [5, 5.41) is 22.8. The topological polar surface area (TPSA) is 102 Å². The maximum Gasteiger partial charge on any atom is 0.250 e. The number of rotatable bonds is 8. The molecule has 0 aliphatic carbocycles.